The SMILES string of the molecule is Cc1ccc([CH]=[Ru]([Cl])[Cl])cc1.c1ccc([PH+](c2ccccc2)c2ccccc2)cc1.c1ccc([PH+](c2ccccc2)c2ccccc2)cc1. The molecule has 0 radical (unpaired) electrons. The Morgan fingerprint density at radius 3 is 0.776 bits per heavy atom. The third-order valence-corrected chi connectivity index (χ3v) is 15.0. The predicted molar refractivity (Wildman–Crippen MR) is 221 cm³/mol. The van der Waals surface area contributed by atoms with Crippen LogP contribution in [0.4, 0.5) is 0 Å². The summed E-state index contributed by atoms with van der Waals surface area (Å²) in [6, 6.07) is 73.2. The van der Waals surface area contributed by atoms with Crippen molar-refractivity contribution in [3.05, 3.63) is 217 Å². The molecule has 0 aliphatic carbocycles. The van der Waals surface area contributed by atoms with Crippen LogP contribution in [0.1, 0.15) is 11.1 Å². The molecule has 5 heteroatoms. The quantitative estimate of drug-likeness (QED) is 0.111. The molecule has 0 N–H and O–H groups in total. The predicted octanol–water partition coefficient (Wildman–Crippen LogP) is 9.43. The molecule has 0 nitrogen and oxygen atoms in total. The van der Waals surface area contributed by atoms with Gasteiger partial charge in [-0.3, -0.25) is 0 Å². The van der Waals surface area contributed by atoms with E-state index in [0.29, 0.717) is 0 Å². The topological polar surface area (TPSA) is 0 Å². The maximum Gasteiger partial charge on any atom is 0.102 e. The summed E-state index contributed by atoms with van der Waals surface area (Å²) in [6.45, 7) is 2.06. The molecule has 0 bridgehead atoms. The first-order chi connectivity index (χ1) is 24.1. The summed E-state index contributed by atoms with van der Waals surface area (Å²) >= 11 is -1.63. The van der Waals surface area contributed by atoms with E-state index in [1.807, 2.05) is 16.7 Å². The monoisotopic (exact) mass is 802 g/mol. The third kappa shape index (κ3) is 11.8. The van der Waals surface area contributed by atoms with Gasteiger partial charge in [-0.25, -0.2) is 0 Å². The van der Waals surface area contributed by atoms with Gasteiger partial charge in [0, 0.05) is 0 Å². The van der Waals surface area contributed by atoms with E-state index < -0.39 is 29.4 Å². The molecule has 0 aliphatic heterocycles. The van der Waals surface area contributed by atoms with Crippen LogP contribution in [0.5, 0.6) is 0 Å². The van der Waals surface area contributed by atoms with E-state index in [4.69, 9.17) is 19.4 Å². The number of hydrogen-bond donors (Lipinski definition) is 0. The summed E-state index contributed by atoms with van der Waals surface area (Å²) in [6.07, 6.45) is 0. The standard InChI is InChI=1S/2C18H15P.C8H8.2ClH.Ru/c2*1-4-10-16(11-5-1)19(17-12-6-2-7-13-17)18-14-8-3-9-15-18;1-7-3-5-8(2)6-4-7;;;/h2*1-15H;1,3-6H,2H3;2*1H;/q;;;;;+2. The molecule has 246 valence electrons. The van der Waals surface area contributed by atoms with Crippen LogP contribution in [-0.4, -0.2) is 4.61 Å². The summed E-state index contributed by atoms with van der Waals surface area (Å²) in [5, 5.41) is 8.61. The second-order valence-electron chi connectivity index (χ2n) is 11.2. The molecular weight excluding hydrogens is 762 g/mol. The van der Waals surface area contributed by atoms with Gasteiger partial charge < -0.3 is 0 Å². The minimum Gasteiger partial charge on any atom is -0.0620 e. The molecule has 7 rings (SSSR count). The molecule has 0 atom stereocenters. The van der Waals surface area contributed by atoms with Gasteiger partial charge >= 0.3 is 79.8 Å². The largest absolute Gasteiger partial charge is 0.102 e. The van der Waals surface area contributed by atoms with Gasteiger partial charge in [-0.05, 0) is 72.8 Å². The Labute approximate surface area is 307 Å². The fraction of sp³-hybridized carbons (Fsp3) is 0.0227. The number of aryl methyl sites for hydroxylation is 1. The van der Waals surface area contributed by atoms with Crippen molar-refractivity contribution in [2.24, 2.45) is 0 Å². The van der Waals surface area contributed by atoms with Crippen LogP contribution < -0.4 is 31.8 Å². The number of rotatable bonds is 7. The number of hydrogen-bond acceptors (Lipinski definition) is 0. The number of halogens is 2. The molecule has 0 spiro atoms. The molecule has 0 aliphatic rings. The van der Waals surface area contributed by atoms with E-state index in [0.717, 1.165) is 5.56 Å². The second-order valence-corrected chi connectivity index (χ2v) is 21.9. The van der Waals surface area contributed by atoms with Crippen LogP contribution in [0.3, 0.4) is 0 Å². The summed E-state index contributed by atoms with van der Waals surface area (Å²) in [7, 11) is 9.66. The Morgan fingerprint density at radius 2 is 0.571 bits per heavy atom. The van der Waals surface area contributed by atoms with Crippen LogP contribution in [0.15, 0.2) is 206 Å². The van der Waals surface area contributed by atoms with E-state index in [9.17, 15) is 0 Å². The second kappa shape index (κ2) is 20.2. The average molecular weight is 803 g/mol. The molecule has 0 amide bonds. The fourth-order valence-electron chi connectivity index (χ4n) is 5.35. The van der Waals surface area contributed by atoms with Crippen LogP contribution >= 0.6 is 35.2 Å². The van der Waals surface area contributed by atoms with Crippen LogP contribution in [-0.2, 0) is 13.5 Å². The number of benzene rings is 7. The van der Waals surface area contributed by atoms with Gasteiger partial charge in [-0.1, -0.05) is 109 Å². The van der Waals surface area contributed by atoms with Crippen LogP contribution in [0.25, 0.3) is 0 Å². The summed E-state index contributed by atoms with van der Waals surface area (Å²) in [4.78, 5) is 0. The van der Waals surface area contributed by atoms with Gasteiger partial charge in [0.05, 0.1) is 15.8 Å². The molecular formula is C44H40Cl2P2Ru+2. The van der Waals surface area contributed by atoms with E-state index in [2.05, 4.69) is 201 Å². The van der Waals surface area contributed by atoms with E-state index in [1.54, 1.807) is 0 Å². The van der Waals surface area contributed by atoms with E-state index in [1.165, 1.54) is 37.4 Å². The van der Waals surface area contributed by atoms with Gasteiger partial charge in [0.25, 0.3) is 0 Å². The molecule has 49 heavy (non-hydrogen) atoms. The molecule has 0 unspecified atom stereocenters. The van der Waals surface area contributed by atoms with Crippen molar-refractivity contribution in [1.82, 2.24) is 0 Å². The summed E-state index contributed by atoms with van der Waals surface area (Å²) in [5.41, 5.74) is 2.38. The summed E-state index contributed by atoms with van der Waals surface area (Å²) < 4.78 is 1.94. The first-order valence-corrected chi connectivity index (χ1v) is 24.5. The maximum atomic E-state index is 5.71. The minimum atomic E-state index is -1.63. The molecule has 7 aromatic carbocycles. The third-order valence-electron chi connectivity index (χ3n) is 7.65. The van der Waals surface area contributed by atoms with Gasteiger partial charge in [-0.2, -0.15) is 0 Å². The zero-order chi connectivity index (χ0) is 34.1. The van der Waals surface area contributed by atoms with Crippen LogP contribution in [0, 0.1) is 6.92 Å². The Bertz CT molecular complexity index is 1650. The van der Waals surface area contributed by atoms with Crippen molar-refractivity contribution in [1.29, 1.82) is 0 Å². The van der Waals surface area contributed by atoms with E-state index in [-0.39, 0.29) is 0 Å². The fourth-order valence-corrected chi connectivity index (χ4v) is 12.3. The zero-order valence-corrected chi connectivity index (χ0v) is 32.6. The van der Waals surface area contributed by atoms with E-state index >= 15 is 0 Å². The first-order valence-electron chi connectivity index (χ1n) is 16.0. The average Bonchev–Trinajstić information content (AvgIpc) is 3.16. The van der Waals surface area contributed by atoms with Gasteiger partial charge in [0.1, 0.15) is 31.8 Å². The minimum absolute atomic E-state index is 0.877. The molecule has 0 aromatic heterocycles. The van der Waals surface area contributed by atoms with Crippen LogP contribution in [0.2, 0.25) is 0 Å². The Kier molecular flexibility index (Phi) is 15.2. The molecule has 0 saturated heterocycles. The van der Waals surface area contributed by atoms with Crippen molar-refractivity contribution in [2.45, 2.75) is 6.92 Å². The van der Waals surface area contributed by atoms with Crippen molar-refractivity contribution < 1.29 is 13.5 Å². The molecule has 0 saturated carbocycles. The Morgan fingerprint density at radius 1 is 0.347 bits per heavy atom. The smallest absolute Gasteiger partial charge is 0.0620 e. The maximum absolute atomic E-state index is 5.71. The van der Waals surface area contributed by atoms with Crippen molar-refractivity contribution in [3.8, 4) is 0 Å². The van der Waals surface area contributed by atoms with Crippen molar-refractivity contribution in [2.75, 3.05) is 0 Å². The zero-order valence-electron chi connectivity index (χ0n) is 27.3. The molecule has 7 aromatic rings. The Hall–Kier alpha value is -3.53. The van der Waals surface area contributed by atoms with Crippen molar-refractivity contribution >= 4 is 71.7 Å². The first kappa shape index (κ1) is 36.7. The Balaban J connectivity index is 0.000000149. The molecule has 0 heterocycles. The van der Waals surface area contributed by atoms with Crippen molar-refractivity contribution in [3.63, 3.8) is 0 Å². The van der Waals surface area contributed by atoms with Gasteiger partial charge in [0.2, 0.25) is 0 Å². The van der Waals surface area contributed by atoms with Gasteiger partial charge in [0.15, 0.2) is 0 Å². The molecule has 0 fully saturated rings. The summed E-state index contributed by atoms with van der Waals surface area (Å²) in [5.74, 6) is 0. The normalized spacial score (nSPS) is 10.7. The van der Waals surface area contributed by atoms with Gasteiger partial charge in [-0.15, -0.1) is 0 Å².